The molecule has 1 fully saturated rings. The average Bonchev–Trinajstić information content (AvgIpc) is 2.61. The van der Waals surface area contributed by atoms with Gasteiger partial charge in [-0.3, -0.25) is 0 Å². The zero-order valence-electron chi connectivity index (χ0n) is 11.7. The molecule has 0 aromatic carbocycles. The summed E-state index contributed by atoms with van der Waals surface area (Å²) >= 11 is 0. The predicted molar refractivity (Wildman–Crippen MR) is 68.8 cm³/mol. The number of ether oxygens (including phenoxy) is 1. The summed E-state index contributed by atoms with van der Waals surface area (Å²) in [5, 5.41) is 0. The second-order valence-electron chi connectivity index (χ2n) is 6.20. The summed E-state index contributed by atoms with van der Waals surface area (Å²) in [6.45, 7) is 10.6. The van der Waals surface area contributed by atoms with Crippen LogP contribution in [0.25, 0.3) is 0 Å². The second kappa shape index (κ2) is 5.25. The van der Waals surface area contributed by atoms with Crippen molar-refractivity contribution in [2.75, 3.05) is 6.54 Å². The molecule has 2 atom stereocenters. The van der Waals surface area contributed by atoms with Gasteiger partial charge < -0.3 is 15.4 Å². The van der Waals surface area contributed by atoms with Gasteiger partial charge in [0, 0.05) is 12.6 Å². The Morgan fingerprint density at radius 3 is 2.47 bits per heavy atom. The topological polar surface area (TPSA) is 55.6 Å². The van der Waals surface area contributed by atoms with Crippen LogP contribution in [-0.4, -0.2) is 35.2 Å². The SMILES string of the molecule is CC(C)[C@@H](N)C1CCCN1C(=O)OC(C)(C)C. The highest BCUT2D eigenvalue weighted by Gasteiger charge is 2.36. The van der Waals surface area contributed by atoms with Crippen molar-refractivity contribution in [3.8, 4) is 0 Å². The van der Waals surface area contributed by atoms with Gasteiger partial charge in [-0.15, -0.1) is 0 Å². The molecule has 100 valence electrons. The van der Waals surface area contributed by atoms with Gasteiger partial charge in [0.05, 0.1) is 6.04 Å². The van der Waals surface area contributed by atoms with Crippen LogP contribution >= 0.6 is 0 Å². The zero-order chi connectivity index (χ0) is 13.2. The van der Waals surface area contributed by atoms with Crippen LogP contribution in [-0.2, 0) is 4.74 Å². The van der Waals surface area contributed by atoms with E-state index < -0.39 is 5.60 Å². The van der Waals surface area contributed by atoms with E-state index in [1.54, 1.807) is 4.90 Å². The highest BCUT2D eigenvalue weighted by atomic mass is 16.6. The molecular formula is C13H26N2O2. The lowest BCUT2D eigenvalue weighted by Gasteiger charge is -2.33. The van der Waals surface area contributed by atoms with Crippen molar-refractivity contribution in [2.45, 2.75) is 65.1 Å². The first kappa shape index (κ1) is 14.3. The Labute approximate surface area is 104 Å². The lowest BCUT2D eigenvalue weighted by molar-refractivity contribution is 0.0194. The molecule has 0 saturated carbocycles. The first-order chi connectivity index (χ1) is 7.72. The quantitative estimate of drug-likeness (QED) is 0.808. The van der Waals surface area contributed by atoms with E-state index in [4.69, 9.17) is 10.5 Å². The van der Waals surface area contributed by atoms with Gasteiger partial charge in [0.25, 0.3) is 0 Å². The Kier molecular flexibility index (Phi) is 4.42. The fraction of sp³-hybridized carbons (Fsp3) is 0.923. The van der Waals surface area contributed by atoms with Gasteiger partial charge in [-0.1, -0.05) is 13.8 Å². The third-order valence-electron chi connectivity index (χ3n) is 3.14. The normalized spacial score (nSPS) is 23.0. The van der Waals surface area contributed by atoms with Gasteiger partial charge in [-0.25, -0.2) is 4.79 Å². The van der Waals surface area contributed by atoms with Crippen molar-refractivity contribution in [1.82, 2.24) is 4.90 Å². The Morgan fingerprint density at radius 2 is 2.00 bits per heavy atom. The first-order valence-electron chi connectivity index (χ1n) is 6.47. The van der Waals surface area contributed by atoms with E-state index in [1.807, 2.05) is 20.8 Å². The van der Waals surface area contributed by atoms with Crippen molar-refractivity contribution in [2.24, 2.45) is 11.7 Å². The van der Waals surface area contributed by atoms with E-state index in [-0.39, 0.29) is 18.2 Å². The van der Waals surface area contributed by atoms with Crippen molar-refractivity contribution in [1.29, 1.82) is 0 Å². The molecule has 0 aliphatic carbocycles. The Bertz CT molecular complexity index is 271. The Morgan fingerprint density at radius 1 is 1.41 bits per heavy atom. The highest BCUT2D eigenvalue weighted by molar-refractivity contribution is 5.69. The summed E-state index contributed by atoms with van der Waals surface area (Å²) < 4.78 is 5.41. The van der Waals surface area contributed by atoms with Crippen LogP contribution in [0.5, 0.6) is 0 Å². The van der Waals surface area contributed by atoms with Gasteiger partial charge in [0.1, 0.15) is 5.60 Å². The molecule has 1 unspecified atom stereocenters. The number of carbonyl (C=O) groups is 1. The summed E-state index contributed by atoms with van der Waals surface area (Å²) in [4.78, 5) is 13.8. The molecule has 1 amide bonds. The maximum Gasteiger partial charge on any atom is 0.410 e. The van der Waals surface area contributed by atoms with Crippen LogP contribution in [0.4, 0.5) is 4.79 Å². The average molecular weight is 242 g/mol. The number of hydrogen-bond acceptors (Lipinski definition) is 3. The number of rotatable bonds is 2. The molecule has 1 heterocycles. The molecule has 4 heteroatoms. The molecule has 0 radical (unpaired) electrons. The molecular weight excluding hydrogens is 216 g/mol. The van der Waals surface area contributed by atoms with Crippen molar-refractivity contribution < 1.29 is 9.53 Å². The highest BCUT2D eigenvalue weighted by Crippen LogP contribution is 2.24. The minimum absolute atomic E-state index is 0.0324. The third kappa shape index (κ3) is 3.87. The Hall–Kier alpha value is -0.770. The smallest absolute Gasteiger partial charge is 0.410 e. The van der Waals surface area contributed by atoms with Gasteiger partial charge >= 0.3 is 6.09 Å². The predicted octanol–water partition coefficient (Wildman–Crippen LogP) is 2.37. The van der Waals surface area contributed by atoms with E-state index in [0.717, 1.165) is 19.4 Å². The van der Waals surface area contributed by atoms with Crippen LogP contribution in [0.2, 0.25) is 0 Å². The lowest BCUT2D eigenvalue weighted by Crippen LogP contribution is -2.50. The number of carbonyl (C=O) groups excluding carboxylic acids is 1. The van der Waals surface area contributed by atoms with Crippen LogP contribution in [0.15, 0.2) is 0 Å². The van der Waals surface area contributed by atoms with Crippen molar-refractivity contribution in [3.63, 3.8) is 0 Å². The number of amides is 1. The molecule has 0 aromatic heterocycles. The molecule has 1 saturated heterocycles. The molecule has 1 rings (SSSR count). The van der Waals surface area contributed by atoms with Crippen LogP contribution in [0.1, 0.15) is 47.5 Å². The largest absolute Gasteiger partial charge is 0.444 e. The monoisotopic (exact) mass is 242 g/mol. The van der Waals surface area contributed by atoms with E-state index in [1.165, 1.54) is 0 Å². The van der Waals surface area contributed by atoms with E-state index in [9.17, 15) is 4.79 Å². The molecule has 0 spiro atoms. The summed E-state index contributed by atoms with van der Waals surface area (Å²) in [5.74, 6) is 0.378. The molecule has 1 aliphatic heterocycles. The summed E-state index contributed by atoms with van der Waals surface area (Å²) in [6.07, 6.45) is 1.78. The fourth-order valence-corrected chi connectivity index (χ4v) is 2.18. The molecule has 2 N–H and O–H groups in total. The van der Waals surface area contributed by atoms with Crippen LogP contribution in [0.3, 0.4) is 0 Å². The third-order valence-corrected chi connectivity index (χ3v) is 3.14. The molecule has 1 aliphatic rings. The fourth-order valence-electron chi connectivity index (χ4n) is 2.18. The van der Waals surface area contributed by atoms with E-state index >= 15 is 0 Å². The maximum atomic E-state index is 12.0. The van der Waals surface area contributed by atoms with Crippen LogP contribution < -0.4 is 5.73 Å². The standard InChI is InChI=1S/C13H26N2O2/c1-9(2)11(14)10-7-6-8-15(10)12(16)17-13(3,4)5/h9-11H,6-8,14H2,1-5H3/t10?,11-/m1/s1. The molecule has 4 nitrogen and oxygen atoms in total. The minimum atomic E-state index is -0.438. The minimum Gasteiger partial charge on any atom is -0.444 e. The van der Waals surface area contributed by atoms with Gasteiger partial charge in [0.15, 0.2) is 0 Å². The number of likely N-dealkylation sites (tertiary alicyclic amines) is 1. The first-order valence-corrected chi connectivity index (χ1v) is 6.47. The zero-order valence-corrected chi connectivity index (χ0v) is 11.7. The van der Waals surface area contributed by atoms with Gasteiger partial charge in [0.2, 0.25) is 0 Å². The number of nitrogens with two attached hydrogens (primary N) is 1. The van der Waals surface area contributed by atoms with E-state index in [0.29, 0.717) is 5.92 Å². The molecule has 0 aromatic rings. The second-order valence-corrected chi connectivity index (χ2v) is 6.20. The molecule has 17 heavy (non-hydrogen) atoms. The number of nitrogens with zero attached hydrogens (tertiary/aromatic N) is 1. The van der Waals surface area contributed by atoms with Crippen molar-refractivity contribution >= 4 is 6.09 Å². The summed E-state index contributed by atoms with van der Waals surface area (Å²) in [5.41, 5.74) is 5.73. The van der Waals surface area contributed by atoms with Gasteiger partial charge in [-0.2, -0.15) is 0 Å². The van der Waals surface area contributed by atoms with Crippen molar-refractivity contribution in [3.05, 3.63) is 0 Å². The van der Waals surface area contributed by atoms with E-state index in [2.05, 4.69) is 13.8 Å². The maximum absolute atomic E-state index is 12.0. The Balaban J connectivity index is 2.66. The van der Waals surface area contributed by atoms with Crippen LogP contribution in [0, 0.1) is 5.92 Å². The summed E-state index contributed by atoms with van der Waals surface area (Å²) in [6, 6.07) is 0.162. The number of hydrogen-bond donors (Lipinski definition) is 1. The molecule has 0 bridgehead atoms. The summed E-state index contributed by atoms with van der Waals surface area (Å²) in [7, 11) is 0. The lowest BCUT2D eigenvalue weighted by atomic mass is 9.96. The van der Waals surface area contributed by atoms with Gasteiger partial charge in [-0.05, 0) is 39.5 Å².